The van der Waals surface area contributed by atoms with Gasteiger partial charge in [-0.25, -0.2) is 0 Å². The maximum atomic E-state index is 5.67. The second kappa shape index (κ2) is 10.6. The van der Waals surface area contributed by atoms with Crippen LogP contribution >= 0.6 is 0 Å². The molecule has 3 rings (SSSR count). The maximum Gasteiger partial charge on any atom is 0.191 e. The van der Waals surface area contributed by atoms with Gasteiger partial charge in [0, 0.05) is 65.5 Å². The van der Waals surface area contributed by atoms with Crippen molar-refractivity contribution in [2.24, 2.45) is 16.3 Å². The van der Waals surface area contributed by atoms with E-state index in [2.05, 4.69) is 20.5 Å². The van der Waals surface area contributed by atoms with Crippen LogP contribution in [0.15, 0.2) is 4.99 Å². The van der Waals surface area contributed by atoms with Crippen LogP contribution in [0.5, 0.6) is 0 Å². The van der Waals surface area contributed by atoms with Gasteiger partial charge in [-0.15, -0.1) is 0 Å². The molecule has 2 unspecified atom stereocenters. The number of ether oxygens (including phenoxy) is 3. The summed E-state index contributed by atoms with van der Waals surface area (Å²) in [5.41, 5.74) is 0.385. The average molecular weight is 383 g/mol. The molecule has 27 heavy (non-hydrogen) atoms. The highest BCUT2D eigenvalue weighted by Crippen LogP contribution is 2.43. The van der Waals surface area contributed by atoms with Crippen LogP contribution in [0.1, 0.15) is 32.1 Å². The van der Waals surface area contributed by atoms with Crippen molar-refractivity contribution in [2.75, 3.05) is 73.4 Å². The molecule has 2 aliphatic heterocycles. The Bertz CT molecular complexity index is 458. The Morgan fingerprint density at radius 1 is 1.22 bits per heavy atom. The van der Waals surface area contributed by atoms with Gasteiger partial charge >= 0.3 is 0 Å². The zero-order valence-electron chi connectivity index (χ0n) is 17.2. The number of hydrogen-bond acceptors (Lipinski definition) is 5. The molecule has 3 aliphatic rings. The second-order valence-electron chi connectivity index (χ2n) is 8.24. The molecule has 0 aromatic heterocycles. The maximum absolute atomic E-state index is 5.67. The topological polar surface area (TPSA) is 67.4 Å². The Morgan fingerprint density at radius 3 is 2.63 bits per heavy atom. The number of aliphatic imine (C=N–C) groups is 1. The van der Waals surface area contributed by atoms with Crippen molar-refractivity contribution in [3.63, 3.8) is 0 Å². The van der Waals surface area contributed by atoms with E-state index < -0.39 is 0 Å². The molecule has 2 saturated heterocycles. The van der Waals surface area contributed by atoms with Crippen LogP contribution in [0.2, 0.25) is 0 Å². The highest BCUT2D eigenvalue weighted by atomic mass is 16.5. The number of guanidine groups is 1. The Kier molecular flexibility index (Phi) is 8.18. The molecular formula is C20H38N4O3. The van der Waals surface area contributed by atoms with E-state index in [4.69, 9.17) is 14.2 Å². The van der Waals surface area contributed by atoms with Crippen LogP contribution in [0.4, 0.5) is 0 Å². The first kappa shape index (κ1) is 20.8. The molecule has 2 N–H and O–H groups in total. The minimum atomic E-state index is 0.385. The van der Waals surface area contributed by atoms with Crippen LogP contribution in [-0.4, -0.2) is 90.3 Å². The molecular weight excluding hydrogens is 344 g/mol. The lowest BCUT2D eigenvalue weighted by Gasteiger charge is -2.42. The second-order valence-corrected chi connectivity index (χ2v) is 8.24. The van der Waals surface area contributed by atoms with Gasteiger partial charge in [0.15, 0.2) is 5.96 Å². The summed E-state index contributed by atoms with van der Waals surface area (Å²) in [4.78, 5) is 7.03. The van der Waals surface area contributed by atoms with Crippen molar-refractivity contribution in [3.8, 4) is 0 Å². The normalized spacial score (nSPS) is 27.2. The molecule has 2 heterocycles. The lowest BCUT2D eigenvalue weighted by Crippen LogP contribution is -2.54. The van der Waals surface area contributed by atoms with E-state index in [1.807, 2.05) is 7.05 Å². The Hall–Kier alpha value is -0.890. The fraction of sp³-hybridized carbons (Fsp3) is 0.950. The summed E-state index contributed by atoms with van der Waals surface area (Å²) in [5.74, 6) is 1.50. The van der Waals surface area contributed by atoms with Crippen LogP contribution in [0.3, 0.4) is 0 Å². The summed E-state index contributed by atoms with van der Waals surface area (Å²) in [7, 11) is 3.65. The first-order valence-corrected chi connectivity index (χ1v) is 10.6. The fourth-order valence-electron chi connectivity index (χ4n) is 4.56. The quantitative estimate of drug-likeness (QED) is 0.460. The molecule has 7 heteroatoms. The number of morpholine rings is 1. The summed E-state index contributed by atoms with van der Waals surface area (Å²) in [6.45, 7) is 8.16. The molecule has 0 amide bonds. The number of hydrogen-bond donors (Lipinski definition) is 2. The Morgan fingerprint density at radius 2 is 2.04 bits per heavy atom. The van der Waals surface area contributed by atoms with Crippen molar-refractivity contribution in [3.05, 3.63) is 0 Å². The summed E-state index contributed by atoms with van der Waals surface area (Å²) in [5, 5.41) is 7.17. The van der Waals surface area contributed by atoms with Gasteiger partial charge in [0.2, 0.25) is 0 Å². The van der Waals surface area contributed by atoms with Gasteiger partial charge in [-0.1, -0.05) is 6.42 Å². The SMILES string of the molecule is CN=C(NCC(C1CCOC1)N1CCOCC1)NCC1(CCOC)CCC1. The van der Waals surface area contributed by atoms with Gasteiger partial charge in [-0.3, -0.25) is 9.89 Å². The molecule has 3 fully saturated rings. The van der Waals surface area contributed by atoms with Crippen LogP contribution < -0.4 is 10.6 Å². The van der Waals surface area contributed by atoms with Crippen LogP contribution in [0, 0.1) is 11.3 Å². The standard InChI is InChI=1S/C20H38N4O3/c1-21-19(23-16-20(5-3-6-20)7-11-25-2)22-14-18(17-4-10-27-15-17)24-8-12-26-13-9-24/h17-18H,3-16H2,1-2H3,(H2,21,22,23). The zero-order chi connectivity index (χ0) is 19.0. The van der Waals surface area contributed by atoms with Gasteiger partial charge in [0.1, 0.15) is 0 Å². The van der Waals surface area contributed by atoms with Gasteiger partial charge in [-0.05, 0) is 31.1 Å². The smallest absolute Gasteiger partial charge is 0.191 e. The summed E-state index contributed by atoms with van der Waals surface area (Å²) >= 11 is 0. The van der Waals surface area contributed by atoms with Crippen molar-refractivity contribution < 1.29 is 14.2 Å². The molecule has 0 bridgehead atoms. The number of nitrogens with zero attached hydrogens (tertiary/aromatic N) is 2. The highest BCUT2D eigenvalue weighted by Gasteiger charge is 2.36. The lowest BCUT2D eigenvalue weighted by molar-refractivity contribution is 0.00243. The third kappa shape index (κ3) is 5.79. The Balaban J connectivity index is 1.49. The van der Waals surface area contributed by atoms with Gasteiger partial charge in [0.05, 0.1) is 19.8 Å². The third-order valence-corrected chi connectivity index (χ3v) is 6.61. The van der Waals surface area contributed by atoms with E-state index in [9.17, 15) is 0 Å². The van der Waals surface area contributed by atoms with Crippen molar-refractivity contribution >= 4 is 5.96 Å². The van der Waals surface area contributed by atoms with Crippen LogP contribution in [0.25, 0.3) is 0 Å². The molecule has 0 aromatic carbocycles. The largest absolute Gasteiger partial charge is 0.385 e. The fourth-order valence-corrected chi connectivity index (χ4v) is 4.56. The van der Waals surface area contributed by atoms with Crippen molar-refractivity contribution in [1.29, 1.82) is 0 Å². The summed E-state index contributed by atoms with van der Waals surface area (Å²) in [6.07, 6.45) is 6.18. The van der Waals surface area contributed by atoms with E-state index >= 15 is 0 Å². The molecule has 0 radical (unpaired) electrons. The molecule has 2 atom stereocenters. The van der Waals surface area contributed by atoms with E-state index in [0.29, 0.717) is 17.4 Å². The summed E-state index contributed by atoms with van der Waals surface area (Å²) < 4.78 is 16.5. The molecule has 0 spiro atoms. The van der Waals surface area contributed by atoms with Crippen molar-refractivity contribution in [2.45, 2.75) is 38.1 Å². The molecule has 1 aliphatic carbocycles. The molecule has 0 aromatic rings. The minimum absolute atomic E-state index is 0.385. The summed E-state index contributed by atoms with van der Waals surface area (Å²) in [6, 6.07) is 0.473. The minimum Gasteiger partial charge on any atom is -0.385 e. The van der Waals surface area contributed by atoms with Gasteiger partial charge in [-0.2, -0.15) is 0 Å². The molecule has 1 saturated carbocycles. The van der Waals surface area contributed by atoms with Gasteiger partial charge in [0.25, 0.3) is 0 Å². The van der Waals surface area contributed by atoms with E-state index in [1.165, 1.54) is 19.3 Å². The van der Waals surface area contributed by atoms with Crippen LogP contribution in [-0.2, 0) is 14.2 Å². The third-order valence-electron chi connectivity index (χ3n) is 6.61. The number of methoxy groups -OCH3 is 1. The van der Waals surface area contributed by atoms with E-state index in [1.54, 1.807) is 7.11 Å². The number of rotatable bonds is 9. The average Bonchev–Trinajstić information content (AvgIpc) is 3.20. The Labute approximate surface area is 164 Å². The monoisotopic (exact) mass is 382 g/mol. The highest BCUT2D eigenvalue weighted by molar-refractivity contribution is 5.79. The van der Waals surface area contributed by atoms with E-state index in [0.717, 1.165) is 78.0 Å². The van der Waals surface area contributed by atoms with E-state index in [-0.39, 0.29) is 0 Å². The molecule has 7 nitrogen and oxygen atoms in total. The predicted octanol–water partition coefficient (Wildman–Crippen LogP) is 1.10. The predicted molar refractivity (Wildman–Crippen MR) is 107 cm³/mol. The number of nitrogens with one attached hydrogen (secondary N) is 2. The zero-order valence-corrected chi connectivity index (χ0v) is 17.2. The lowest BCUT2D eigenvalue weighted by atomic mass is 9.67. The molecule has 156 valence electrons. The van der Waals surface area contributed by atoms with Gasteiger partial charge < -0.3 is 24.8 Å². The first-order valence-electron chi connectivity index (χ1n) is 10.6. The van der Waals surface area contributed by atoms with Crippen molar-refractivity contribution in [1.82, 2.24) is 15.5 Å². The first-order chi connectivity index (χ1) is 13.3.